The molecule has 0 aromatic carbocycles. The van der Waals surface area contributed by atoms with Crippen LogP contribution >= 0.6 is 0 Å². The zero-order valence-corrected chi connectivity index (χ0v) is 13.0. The third kappa shape index (κ3) is 4.20. The fourth-order valence-electron chi connectivity index (χ4n) is 2.74. The molecule has 2 unspecified atom stereocenters. The molecule has 1 amide bonds. The van der Waals surface area contributed by atoms with Gasteiger partial charge in [0, 0.05) is 33.2 Å². The van der Waals surface area contributed by atoms with Crippen LogP contribution in [0.4, 0.5) is 0 Å². The maximum atomic E-state index is 12.2. The second-order valence-corrected chi connectivity index (χ2v) is 6.47. The number of carbonyl (C=O) groups excluding carboxylic acids is 1. The van der Waals surface area contributed by atoms with Crippen LogP contribution in [-0.4, -0.2) is 48.7 Å². The lowest BCUT2D eigenvalue weighted by Crippen LogP contribution is -2.47. The van der Waals surface area contributed by atoms with Crippen molar-refractivity contribution in [2.45, 2.75) is 40.0 Å². The van der Waals surface area contributed by atoms with Crippen LogP contribution in [0.3, 0.4) is 0 Å². The quantitative estimate of drug-likeness (QED) is 0.810. The summed E-state index contributed by atoms with van der Waals surface area (Å²) in [5, 5.41) is 9.31. The predicted octanol–water partition coefficient (Wildman–Crippen LogP) is 2.01. The van der Waals surface area contributed by atoms with Gasteiger partial charge in [0.1, 0.15) is 0 Å². The first-order valence-electron chi connectivity index (χ1n) is 7.29. The number of piperidine rings is 1. The van der Waals surface area contributed by atoms with E-state index in [0.717, 1.165) is 19.4 Å². The molecule has 0 aliphatic carbocycles. The largest absolute Gasteiger partial charge is 0.481 e. The summed E-state index contributed by atoms with van der Waals surface area (Å²) in [6.07, 6.45) is 2.22. The van der Waals surface area contributed by atoms with Crippen LogP contribution in [0.2, 0.25) is 0 Å². The minimum Gasteiger partial charge on any atom is -0.481 e. The number of hydrogen-bond acceptors (Lipinski definition) is 3. The first-order chi connectivity index (χ1) is 9.28. The maximum absolute atomic E-state index is 12.2. The van der Waals surface area contributed by atoms with Crippen molar-refractivity contribution in [2.24, 2.45) is 17.3 Å². The fraction of sp³-hybridized carbons (Fsp3) is 0.867. The lowest BCUT2D eigenvalue weighted by molar-refractivity contribution is -0.153. The Labute approximate surface area is 121 Å². The number of ether oxygens (including phenoxy) is 1. The predicted molar refractivity (Wildman–Crippen MR) is 76.4 cm³/mol. The van der Waals surface area contributed by atoms with Gasteiger partial charge in [0.15, 0.2) is 0 Å². The van der Waals surface area contributed by atoms with E-state index in [1.807, 2.05) is 11.8 Å². The smallest absolute Gasteiger partial charge is 0.309 e. The van der Waals surface area contributed by atoms with Crippen molar-refractivity contribution in [3.63, 3.8) is 0 Å². The molecule has 0 spiro atoms. The summed E-state index contributed by atoms with van der Waals surface area (Å²) in [5.74, 6) is -0.458. The molecular formula is C15H27NO4. The Hall–Kier alpha value is -1.10. The summed E-state index contributed by atoms with van der Waals surface area (Å²) in [4.78, 5) is 25.4. The summed E-state index contributed by atoms with van der Waals surface area (Å²) in [7, 11) is 1.63. The number of aliphatic carboxylic acids is 1. The number of methoxy groups -OCH3 is 1. The molecule has 1 saturated heterocycles. The van der Waals surface area contributed by atoms with E-state index in [2.05, 4.69) is 0 Å². The molecule has 5 heteroatoms. The van der Waals surface area contributed by atoms with Crippen molar-refractivity contribution in [3.8, 4) is 0 Å². The van der Waals surface area contributed by atoms with Crippen LogP contribution in [0.15, 0.2) is 0 Å². The van der Waals surface area contributed by atoms with E-state index in [-0.39, 0.29) is 17.7 Å². The van der Waals surface area contributed by atoms with Crippen LogP contribution in [0, 0.1) is 17.3 Å². The molecule has 1 fully saturated rings. The van der Waals surface area contributed by atoms with Gasteiger partial charge in [-0.2, -0.15) is 0 Å². The number of amides is 1. The summed E-state index contributed by atoms with van der Waals surface area (Å²) < 4.78 is 5.05. The topological polar surface area (TPSA) is 66.8 Å². The zero-order valence-electron chi connectivity index (χ0n) is 13.0. The highest BCUT2D eigenvalue weighted by atomic mass is 16.5. The summed E-state index contributed by atoms with van der Waals surface area (Å²) in [6, 6.07) is 0. The van der Waals surface area contributed by atoms with Gasteiger partial charge in [-0.15, -0.1) is 0 Å². The average Bonchev–Trinajstić information content (AvgIpc) is 2.38. The van der Waals surface area contributed by atoms with Gasteiger partial charge >= 0.3 is 5.97 Å². The van der Waals surface area contributed by atoms with E-state index >= 15 is 0 Å². The van der Waals surface area contributed by atoms with Crippen LogP contribution in [0.1, 0.15) is 40.0 Å². The maximum Gasteiger partial charge on any atom is 0.309 e. The third-order valence-corrected chi connectivity index (χ3v) is 4.32. The first-order valence-corrected chi connectivity index (χ1v) is 7.29. The van der Waals surface area contributed by atoms with Crippen LogP contribution < -0.4 is 0 Å². The minimum absolute atomic E-state index is 0.0235. The molecule has 0 aromatic rings. The number of nitrogens with zero attached hydrogens (tertiary/aromatic N) is 1. The van der Waals surface area contributed by atoms with E-state index in [1.165, 1.54) is 0 Å². The molecule has 0 radical (unpaired) electrons. The molecule has 2 atom stereocenters. The third-order valence-electron chi connectivity index (χ3n) is 4.32. The van der Waals surface area contributed by atoms with Gasteiger partial charge in [0.25, 0.3) is 0 Å². The van der Waals surface area contributed by atoms with E-state index in [1.54, 1.807) is 21.0 Å². The molecule has 0 saturated carbocycles. The van der Waals surface area contributed by atoms with Crippen molar-refractivity contribution in [1.82, 2.24) is 4.90 Å². The number of hydrogen-bond donors (Lipinski definition) is 1. The number of carboxylic acid groups (broad SMARTS) is 1. The fourth-order valence-corrected chi connectivity index (χ4v) is 2.74. The van der Waals surface area contributed by atoms with Crippen molar-refractivity contribution >= 4 is 11.9 Å². The monoisotopic (exact) mass is 285 g/mol. The van der Waals surface area contributed by atoms with Gasteiger partial charge < -0.3 is 14.7 Å². The minimum atomic E-state index is -0.787. The molecule has 1 heterocycles. The molecular weight excluding hydrogens is 258 g/mol. The highest BCUT2D eigenvalue weighted by Crippen LogP contribution is 2.34. The summed E-state index contributed by atoms with van der Waals surface area (Å²) >= 11 is 0. The van der Waals surface area contributed by atoms with Crippen molar-refractivity contribution in [3.05, 3.63) is 0 Å². The van der Waals surface area contributed by atoms with Gasteiger partial charge in [0.2, 0.25) is 5.91 Å². The van der Waals surface area contributed by atoms with E-state index in [0.29, 0.717) is 19.6 Å². The van der Waals surface area contributed by atoms with E-state index in [4.69, 9.17) is 4.74 Å². The van der Waals surface area contributed by atoms with E-state index < -0.39 is 11.4 Å². The summed E-state index contributed by atoms with van der Waals surface area (Å²) in [5.41, 5.74) is -0.781. The standard InChI is InChI=1S/C15H27NO4/c1-11(10-20-4)8-13(17)16-7-5-6-12(9-16)15(2,3)14(18)19/h11-12H,5-10H2,1-4H3,(H,18,19). The van der Waals surface area contributed by atoms with Crippen LogP contribution in [-0.2, 0) is 14.3 Å². The van der Waals surface area contributed by atoms with Crippen LogP contribution in [0.5, 0.6) is 0 Å². The Morgan fingerprint density at radius 1 is 1.45 bits per heavy atom. The normalized spacial score (nSPS) is 21.6. The Bertz CT molecular complexity index is 354. The molecule has 1 aliphatic rings. The Morgan fingerprint density at radius 2 is 2.10 bits per heavy atom. The molecule has 116 valence electrons. The highest BCUT2D eigenvalue weighted by molar-refractivity contribution is 5.77. The SMILES string of the molecule is COCC(C)CC(=O)N1CCCC(C(C)(C)C(=O)O)C1. The Kier molecular flexibility index (Phi) is 5.99. The second-order valence-electron chi connectivity index (χ2n) is 6.47. The highest BCUT2D eigenvalue weighted by Gasteiger charge is 2.39. The molecule has 1 aliphatic heterocycles. The number of likely N-dealkylation sites (tertiary alicyclic amines) is 1. The first kappa shape index (κ1) is 17.0. The molecule has 5 nitrogen and oxygen atoms in total. The number of rotatable bonds is 6. The van der Waals surface area contributed by atoms with Gasteiger partial charge in [-0.3, -0.25) is 9.59 Å². The molecule has 0 bridgehead atoms. The van der Waals surface area contributed by atoms with Crippen molar-refractivity contribution in [1.29, 1.82) is 0 Å². The van der Waals surface area contributed by atoms with Gasteiger partial charge in [0.05, 0.1) is 5.41 Å². The molecule has 1 N–H and O–H groups in total. The second kappa shape index (κ2) is 7.07. The number of carbonyl (C=O) groups is 2. The van der Waals surface area contributed by atoms with Crippen molar-refractivity contribution in [2.75, 3.05) is 26.8 Å². The molecule has 0 aromatic heterocycles. The van der Waals surface area contributed by atoms with Gasteiger partial charge in [-0.05, 0) is 38.5 Å². The zero-order chi connectivity index (χ0) is 15.3. The lowest BCUT2D eigenvalue weighted by atomic mass is 9.74. The molecule has 20 heavy (non-hydrogen) atoms. The number of carboxylic acids is 1. The van der Waals surface area contributed by atoms with Crippen molar-refractivity contribution < 1.29 is 19.4 Å². The van der Waals surface area contributed by atoms with Gasteiger partial charge in [-0.1, -0.05) is 6.92 Å². The Morgan fingerprint density at radius 3 is 2.65 bits per heavy atom. The van der Waals surface area contributed by atoms with E-state index in [9.17, 15) is 14.7 Å². The van der Waals surface area contributed by atoms with Crippen LogP contribution in [0.25, 0.3) is 0 Å². The lowest BCUT2D eigenvalue weighted by Gasteiger charge is -2.39. The summed E-state index contributed by atoms with van der Waals surface area (Å²) in [6.45, 7) is 7.36. The van der Waals surface area contributed by atoms with Gasteiger partial charge in [-0.25, -0.2) is 0 Å². The molecule has 1 rings (SSSR count). The Balaban J connectivity index is 2.60. The average molecular weight is 285 g/mol.